The van der Waals surface area contributed by atoms with Crippen molar-refractivity contribution in [3.63, 3.8) is 0 Å². The molecular formula is C20H19ClN2O4S3. The van der Waals surface area contributed by atoms with Gasteiger partial charge in [0.1, 0.15) is 16.8 Å². The molecule has 158 valence electrons. The normalized spacial score (nSPS) is 25.4. The van der Waals surface area contributed by atoms with Crippen molar-refractivity contribution < 1.29 is 19.5 Å². The van der Waals surface area contributed by atoms with Crippen LogP contribution in [0.25, 0.3) is 0 Å². The highest BCUT2D eigenvalue weighted by molar-refractivity contribution is 8.00. The van der Waals surface area contributed by atoms with Crippen LogP contribution in [0.1, 0.15) is 6.92 Å². The fraction of sp³-hybridized carbons (Fsp3) is 0.350. The molecule has 2 aromatic rings. The zero-order valence-electron chi connectivity index (χ0n) is 16.0. The summed E-state index contributed by atoms with van der Waals surface area (Å²) in [7, 11) is 0. The molecule has 0 bridgehead atoms. The van der Waals surface area contributed by atoms with Crippen LogP contribution in [0.15, 0.2) is 46.7 Å². The summed E-state index contributed by atoms with van der Waals surface area (Å²) in [6.45, 7) is 1.60. The van der Waals surface area contributed by atoms with Crippen LogP contribution in [0.5, 0.6) is 0 Å². The first-order valence-electron chi connectivity index (χ1n) is 9.19. The van der Waals surface area contributed by atoms with Crippen LogP contribution in [-0.4, -0.2) is 57.3 Å². The number of nitrogens with zero attached hydrogens (tertiary/aromatic N) is 2. The molecule has 0 spiro atoms. The van der Waals surface area contributed by atoms with Crippen molar-refractivity contribution in [1.82, 2.24) is 4.90 Å². The quantitative estimate of drug-likeness (QED) is 0.497. The minimum Gasteiger partial charge on any atom is -0.481 e. The summed E-state index contributed by atoms with van der Waals surface area (Å²) in [4.78, 5) is 41.5. The Hall–Kier alpha value is -1.68. The molecule has 2 saturated heterocycles. The zero-order valence-corrected chi connectivity index (χ0v) is 19.2. The highest BCUT2D eigenvalue weighted by Gasteiger charge is 2.59. The second-order valence-electron chi connectivity index (χ2n) is 7.28. The molecule has 2 aliphatic rings. The Labute approximate surface area is 191 Å². The summed E-state index contributed by atoms with van der Waals surface area (Å²) in [5, 5.41) is 13.0. The van der Waals surface area contributed by atoms with Crippen LogP contribution in [0, 0.1) is 5.41 Å². The van der Waals surface area contributed by atoms with Crippen molar-refractivity contribution in [1.29, 1.82) is 0 Å². The van der Waals surface area contributed by atoms with E-state index in [1.165, 1.54) is 46.7 Å². The van der Waals surface area contributed by atoms with Crippen LogP contribution in [0.2, 0.25) is 5.02 Å². The summed E-state index contributed by atoms with van der Waals surface area (Å²) >= 11 is 10.2. The molecule has 2 unspecified atom stereocenters. The molecule has 1 N–H and O–H groups in total. The molecule has 2 aliphatic heterocycles. The number of aliphatic carboxylic acids is 1. The van der Waals surface area contributed by atoms with Crippen LogP contribution < -0.4 is 4.90 Å². The van der Waals surface area contributed by atoms with Gasteiger partial charge in [-0.1, -0.05) is 11.6 Å². The van der Waals surface area contributed by atoms with E-state index in [-0.39, 0.29) is 23.7 Å². The van der Waals surface area contributed by atoms with Crippen molar-refractivity contribution in [2.75, 3.05) is 23.0 Å². The van der Waals surface area contributed by atoms with E-state index in [1.54, 1.807) is 17.0 Å². The summed E-state index contributed by atoms with van der Waals surface area (Å²) < 4.78 is 0. The summed E-state index contributed by atoms with van der Waals surface area (Å²) in [6.07, 6.45) is 0. The average Bonchev–Trinajstić information content (AvgIpc) is 3.25. The van der Waals surface area contributed by atoms with Gasteiger partial charge in [-0.2, -0.15) is 0 Å². The molecule has 0 aliphatic carbocycles. The van der Waals surface area contributed by atoms with Gasteiger partial charge in [-0.05, 0) is 41.8 Å². The van der Waals surface area contributed by atoms with Gasteiger partial charge in [0.15, 0.2) is 0 Å². The first-order chi connectivity index (χ1) is 14.3. The smallest absolute Gasteiger partial charge is 0.313 e. The number of thiophene rings is 1. The first kappa shape index (κ1) is 21.5. The number of anilines is 1. The summed E-state index contributed by atoms with van der Waals surface area (Å²) in [6, 6.07) is 10.3. The van der Waals surface area contributed by atoms with Gasteiger partial charge in [-0.25, -0.2) is 0 Å². The Balaban J connectivity index is 1.50. The molecule has 4 rings (SSSR count). The predicted molar refractivity (Wildman–Crippen MR) is 121 cm³/mol. The van der Waals surface area contributed by atoms with Crippen LogP contribution in [-0.2, 0) is 14.4 Å². The Morgan fingerprint density at radius 3 is 2.67 bits per heavy atom. The minimum atomic E-state index is -1.05. The molecule has 1 aromatic heterocycles. The zero-order chi connectivity index (χ0) is 21.5. The fourth-order valence-corrected chi connectivity index (χ4v) is 7.37. The molecule has 3 heterocycles. The molecule has 2 amide bonds. The number of benzene rings is 1. The van der Waals surface area contributed by atoms with Crippen molar-refractivity contribution in [3.05, 3.63) is 46.8 Å². The van der Waals surface area contributed by atoms with Crippen molar-refractivity contribution >= 4 is 69.2 Å². The Morgan fingerprint density at radius 2 is 2.07 bits per heavy atom. The Morgan fingerprint density at radius 1 is 1.33 bits per heavy atom. The number of hydrogen-bond donors (Lipinski definition) is 1. The average molecular weight is 483 g/mol. The molecule has 10 heteroatoms. The third-order valence-corrected chi connectivity index (χ3v) is 9.26. The van der Waals surface area contributed by atoms with E-state index in [9.17, 15) is 19.5 Å². The largest absolute Gasteiger partial charge is 0.481 e. The molecule has 1 aromatic carbocycles. The molecule has 0 radical (unpaired) electrons. The number of amides is 2. The van der Waals surface area contributed by atoms with Gasteiger partial charge in [0, 0.05) is 34.9 Å². The van der Waals surface area contributed by atoms with Gasteiger partial charge in [0.25, 0.3) is 0 Å². The maximum Gasteiger partial charge on any atom is 0.313 e. The van der Waals surface area contributed by atoms with Crippen molar-refractivity contribution in [3.8, 4) is 0 Å². The molecule has 30 heavy (non-hydrogen) atoms. The lowest BCUT2D eigenvalue weighted by atomic mass is 9.89. The molecule has 0 saturated carbocycles. The number of carbonyl (C=O) groups is 3. The molecule has 6 nitrogen and oxygen atoms in total. The number of halogens is 1. The van der Waals surface area contributed by atoms with E-state index in [0.717, 1.165) is 9.90 Å². The number of carboxylic acid groups (broad SMARTS) is 1. The van der Waals surface area contributed by atoms with E-state index >= 15 is 0 Å². The lowest BCUT2D eigenvalue weighted by molar-refractivity contribution is -0.156. The van der Waals surface area contributed by atoms with Gasteiger partial charge in [-0.15, -0.1) is 34.9 Å². The van der Waals surface area contributed by atoms with E-state index in [2.05, 4.69) is 0 Å². The number of carbonyl (C=O) groups excluding carboxylic acids is 2. The SMILES string of the molecule is CC(=O)N(c1cccs1)C1C(=O)N2CC(CSc3ccc(Cl)cc3)(C(=O)O)CS[C@H]12. The maximum absolute atomic E-state index is 13.0. The van der Waals surface area contributed by atoms with Crippen LogP contribution in [0.4, 0.5) is 5.00 Å². The summed E-state index contributed by atoms with van der Waals surface area (Å²) in [5.41, 5.74) is -1.05. The van der Waals surface area contributed by atoms with Crippen molar-refractivity contribution in [2.24, 2.45) is 5.41 Å². The Bertz CT molecular complexity index is 969. The van der Waals surface area contributed by atoms with E-state index in [0.29, 0.717) is 16.5 Å². The third-order valence-electron chi connectivity index (χ3n) is 5.26. The fourth-order valence-electron chi connectivity index (χ4n) is 3.63. The minimum absolute atomic E-state index is 0.145. The number of fused-ring (bicyclic) bond motifs is 1. The number of hydrogen-bond acceptors (Lipinski definition) is 6. The van der Waals surface area contributed by atoms with Crippen molar-refractivity contribution in [2.45, 2.75) is 23.2 Å². The summed E-state index contributed by atoms with van der Waals surface area (Å²) in [5.74, 6) is -0.570. The van der Waals surface area contributed by atoms with E-state index < -0.39 is 17.4 Å². The molecule has 3 atom stereocenters. The topological polar surface area (TPSA) is 77.9 Å². The van der Waals surface area contributed by atoms with Gasteiger partial charge >= 0.3 is 5.97 Å². The van der Waals surface area contributed by atoms with Crippen LogP contribution in [0.3, 0.4) is 0 Å². The predicted octanol–water partition coefficient (Wildman–Crippen LogP) is 3.90. The van der Waals surface area contributed by atoms with Gasteiger partial charge in [0.05, 0.1) is 5.00 Å². The molecule has 2 fully saturated rings. The van der Waals surface area contributed by atoms with Gasteiger partial charge in [-0.3, -0.25) is 19.3 Å². The third kappa shape index (κ3) is 3.84. The number of thioether (sulfide) groups is 2. The van der Waals surface area contributed by atoms with E-state index in [4.69, 9.17) is 11.6 Å². The number of β-lactam (4-membered cyclic amide) rings is 1. The highest BCUT2D eigenvalue weighted by Crippen LogP contribution is 2.47. The lowest BCUT2D eigenvalue weighted by Crippen LogP contribution is -2.74. The second kappa shape index (κ2) is 8.45. The van der Waals surface area contributed by atoms with Gasteiger partial charge in [0.2, 0.25) is 11.8 Å². The maximum atomic E-state index is 13.0. The standard InChI is InChI=1S/C20H19ClN2O4S3/c1-12(24)23(15-3-2-8-28-15)16-17(25)22-9-20(19(26)27,11-30-18(16)22)10-29-14-6-4-13(21)5-7-14/h2-8,16,18H,9-11H2,1H3,(H,26,27)/t16?,18-,20?/m1/s1. The monoisotopic (exact) mass is 482 g/mol. The lowest BCUT2D eigenvalue weighted by Gasteiger charge is -2.55. The second-order valence-corrected chi connectivity index (χ2v) is 10.8. The number of rotatable bonds is 6. The first-order valence-corrected chi connectivity index (χ1v) is 12.5. The molecular weight excluding hydrogens is 464 g/mol. The van der Waals surface area contributed by atoms with Gasteiger partial charge < -0.3 is 10.0 Å². The van der Waals surface area contributed by atoms with Crippen LogP contribution >= 0.6 is 46.5 Å². The number of carboxylic acids is 1. The highest BCUT2D eigenvalue weighted by atomic mass is 35.5. The Kier molecular flexibility index (Phi) is 6.07. The van der Waals surface area contributed by atoms with E-state index in [1.807, 2.05) is 29.6 Å².